The fourth-order valence-corrected chi connectivity index (χ4v) is 3.75. The van der Waals surface area contributed by atoms with E-state index < -0.39 is 53.7 Å². The van der Waals surface area contributed by atoms with E-state index in [4.69, 9.17) is 18.9 Å². The molecule has 1 aliphatic heterocycles. The van der Waals surface area contributed by atoms with Crippen LogP contribution >= 0.6 is 0 Å². The van der Waals surface area contributed by atoms with E-state index in [2.05, 4.69) is 10.3 Å². The van der Waals surface area contributed by atoms with E-state index in [9.17, 15) is 24.3 Å². The van der Waals surface area contributed by atoms with Crippen LogP contribution in [0.5, 0.6) is 0 Å². The zero-order valence-corrected chi connectivity index (χ0v) is 19.6. The summed E-state index contributed by atoms with van der Waals surface area (Å²) >= 11 is 0. The van der Waals surface area contributed by atoms with Crippen molar-refractivity contribution in [3.63, 3.8) is 0 Å². The summed E-state index contributed by atoms with van der Waals surface area (Å²) in [6.45, 7) is 1.73. The number of aromatic amines is 1. The molecule has 1 aromatic heterocycles. The van der Waals surface area contributed by atoms with Gasteiger partial charge in [-0.1, -0.05) is 30.3 Å². The minimum atomic E-state index is -1.49. The number of hydrogen-bond donors (Lipinski definition) is 3. The molecule has 1 fully saturated rings. The van der Waals surface area contributed by atoms with Gasteiger partial charge in [0.05, 0.1) is 20.3 Å². The number of esters is 1. The molecule has 0 bridgehead atoms. The number of amides is 1. The van der Waals surface area contributed by atoms with Gasteiger partial charge in [-0.15, -0.1) is 0 Å². The number of carbonyl (C=O) groups is 2. The van der Waals surface area contributed by atoms with Gasteiger partial charge in [-0.3, -0.25) is 19.1 Å². The summed E-state index contributed by atoms with van der Waals surface area (Å²) in [5.41, 5.74) is -0.363. The first-order valence-electron chi connectivity index (χ1n) is 10.9. The Hall–Kier alpha value is -3.32. The number of methoxy groups -OCH3 is 2. The molecule has 190 valence electrons. The summed E-state index contributed by atoms with van der Waals surface area (Å²) in [4.78, 5) is 51.8. The first-order chi connectivity index (χ1) is 16.8. The molecular formula is C23H29N3O9. The maximum absolute atomic E-state index is 13.1. The number of hydrogen-bond acceptors (Lipinski definition) is 9. The summed E-state index contributed by atoms with van der Waals surface area (Å²) in [6.07, 6.45) is -3.93. The number of aromatic nitrogens is 2. The maximum atomic E-state index is 13.1. The van der Waals surface area contributed by atoms with Crippen LogP contribution in [0.3, 0.4) is 0 Å². The van der Waals surface area contributed by atoms with Crippen molar-refractivity contribution in [1.82, 2.24) is 14.9 Å². The van der Waals surface area contributed by atoms with Gasteiger partial charge in [-0.05, 0) is 12.5 Å². The Balaban J connectivity index is 1.85. The van der Waals surface area contributed by atoms with Crippen LogP contribution in [0.15, 0.2) is 46.1 Å². The Morgan fingerprint density at radius 3 is 2.57 bits per heavy atom. The number of aryl methyl sites for hydroxylation is 1. The van der Waals surface area contributed by atoms with Crippen molar-refractivity contribution in [2.45, 2.75) is 43.9 Å². The lowest BCUT2D eigenvalue weighted by molar-refractivity contribution is -0.148. The smallest absolute Gasteiger partial charge is 0.330 e. The highest BCUT2D eigenvalue weighted by atomic mass is 16.6. The van der Waals surface area contributed by atoms with Gasteiger partial charge >= 0.3 is 11.7 Å². The third kappa shape index (κ3) is 6.22. The van der Waals surface area contributed by atoms with E-state index in [1.54, 1.807) is 24.3 Å². The van der Waals surface area contributed by atoms with Crippen molar-refractivity contribution >= 4 is 11.9 Å². The zero-order chi connectivity index (χ0) is 25.5. The van der Waals surface area contributed by atoms with Gasteiger partial charge in [0.2, 0.25) is 0 Å². The highest BCUT2D eigenvalue weighted by Crippen LogP contribution is 2.31. The molecular weight excluding hydrogens is 462 g/mol. The standard InChI is InChI=1S/C23H29N3O9/c1-13-12-26(23(31)25-19(13)28)21-18(34-10-9-32-2)16(27)17(35-21)20(29)24-15(22(30)33-3)11-14-7-5-4-6-8-14/h4-8,12,15-18,21,27H,9-11H2,1-3H3,(H,24,29)(H,25,28,31)/t15?,16-,17-,18-,21-/m0/s1. The molecule has 1 aliphatic rings. The third-order valence-corrected chi connectivity index (χ3v) is 5.57. The largest absolute Gasteiger partial charge is 0.467 e. The SMILES string of the molecule is COCCO[C@H]1[C@@H](O)[C@@H](C(=O)NC(Cc2ccccc2)C(=O)OC)O[C@@H]1n1cc(C)c(=O)[nH]c1=O. The van der Waals surface area contributed by atoms with Crippen LogP contribution in [0.25, 0.3) is 0 Å². The van der Waals surface area contributed by atoms with Crippen LogP contribution in [-0.2, 0) is 35.0 Å². The molecule has 1 unspecified atom stereocenters. The molecule has 3 rings (SSSR count). The average molecular weight is 491 g/mol. The molecule has 5 atom stereocenters. The molecule has 35 heavy (non-hydrogen) atoms. The molecule has 0 spiro atoms. The normalized spacial score (nSPS) is 22.5. The van der Waals surface area contributed by atoms with Gasteiger partial charge in [0.1, 0.15) is 18.2 Å². The van der Waals surface area contributed by atoms with E-state index in [-0.39, 0.29) is 25.2 Å². The van der Waals surface area contributed by atoms with Gasteiger partial charge in [0, 0.05) is 25.3 Å². The number of aliphatic hydroxyl groups excluding tert-OH is 1. The molecule has 2 heterocycles. The quantitative estimate of drug-likeness (QED) is 0.281. The number of aliphatic hydroxyl groups is 1. The van der Waals surface area contributed by atoms with Crippen LogP contribution < -0.4 is 16.6 Å². The highest BCUT2D eigenvalue weighted by molar-refractivity contribution is 5.87. The van der Waals surface area contributed by atoms with E-state index in [1.165, 1.54) is 27.3 Å². The Bertz CT molecular complexity index is 1130. The van der Waals surface area contributed by atoms with Crippen molar-refractivity contribution in [3.8, 4) is 0 Å². The summed E-state index contributed by atoms with van der Waals surface area (Å²) < 4.78 is 22.3. The molecule has 3 N–H and O–H groups in total. The lowest BCUT2D eigenvalue weighted by atomic mass is 10.0. The van der Waals surface area contributed by atoms with E-state index >= 15 is 0 Å². The Morgan fingerprint density at radius 2 is 1.91 bits per heavy atom. The maximum Gasteiger partial charge on any atom is 0.330 e. The lowest BCUT2D eigenvalue weighted by Gasteiger charge is -2.22. The second-order valence-corrected chi connectivity index (χ2v) is 8.02. The van der Waals surface area contributed by atoms with Gasteiger partial charge in [0.15, 0.2) is 12.3 Å². The summed E-state index contributed by atoms with van der Waals surface area (Å²) in [5.74, 6) is -1.47. The minimum Gasteiger partial charge on any atom is -0.467 e. The second-order valence-electron chi connectivity index (χ2n) is 8.02. The van der Waals surface area contributed by atoms with Crippen LogP contribution in [-0.4, -0.2) is 78.3 Å². The van der Waals surface area contributed by atoms with E-state index in [1.807, 2.05) is 6.07 Å². The van der Waals surface area contributed by atoms with E-state index in [0.717, 1.165) is 10.1 Å². The first kappa shape index (κ1) is 26.3. The Morgan fingerprint density at radius 1 is 1.20 bits per heavy atom. The monoisotopic (exact) mass is 491 g/mol. The van der Waals surface area contributed by atoms with Crippen molar-refractivity contribution in [2.24, 2.45) is 0 Å². The summed E-state index contributed by atoms with van der Waals surface area (Å²) in [5, 5.41) is 13.5. The van der Waals surface area contributed by atoms with Crippen LogP contribution in [0.4, 0.5) is 0 Å². The van der Waals surface area contributed by atoms with Gasteiger partial charge < -0.3 is 29.4 Å². The summed E-state index contributed by atoms with van der Waals surface area (Å²) in [7, 11) is 2.67. The van der Waals surface area contributed by atoms with Crippen molar-refractivity contribution in [2.75, 3.05) is 27.4 Å². The molecule has 2 aromatic rings. The Kier molecular flexibility index (Phi) is 8.93. The number of H-pyrrole nitrogens is 1. The average Bonchev–Trinajstić information content (AvgIpc) is 3.17. The molecule has 1 saturated heterocycles. The van der Waals surface area contributed by atoms with Crippen molar-refractivity contribution < 1.29 is 33.6 Å². The number of rotatable bonds is 10. The topological polar surface area (TPSA) is 158 Å². The van der Waals surface area contributed by atoms with Gasteiger partial charge in [0.25, 0.3) is 11.5 Å². The fraction of sp³-hybridized carbons (Fsp3) is 0.478. The van der Waals surface area contributed by atoms with Crippen molar-refractivity contribution in [3.05, 3.63) is 68.5 Å². The molecule has 12 heteroatoms. The molecule has 1 aromatic carbocycles. The number of nitrogens with zero attached hydrogens (tertiary/aromatic N) is 1. The van der Waals surface area contributed by atoms with Crippen molar-refractivity contribution in [1.29, 1.82) is 0 Å². The van der Waals surface area contributed by atoms with E-state index in [0.29, 0.717) is 0 Å². The zero-order valence-electron chi connectivity index (χ0n) is 19.6. The first-order valence-corrected chi connectivity index (χ1v) is 10.9. The molecule has 1 amide bonds. The number of nitrogens with one attached hydrogen (secondary N) is 2. The predicted molar refractivity (Wildman–Crippen MR) is 122 cm³/mol. The fourth-order valence-electron chi connectivity index (χ4n) is 3.75. The molecule has 0 aliphatic carbocycles. The number of benzene rings is 1. The van der Waals surface area contributed by atoms with Crippen LogP contribution in [0.1, 0.15) is 17.4 Å². The van der Waals surface area contributed by atoms with Crippen LogP contribution in [0, 0.1) is 6.92 Å². The molecule has 0 radical (unpaired) electrons. The third-order valence-electron chi connectivity index (χ3n) is 5.57. The van der Waals surface area contributed by atoms with Crippen LogP contribution in [0.2, 0.25) is 0 Å². The van der Waals surface area contributed by atoms with Gasteiger partial charge in [-0.2, -0.15) is 0 Å². The lowest BCUT2D eigenvalue weighted by Crippen LogP contribution is -2.50. The Labute approximate surface area is 200 Å². The summed E-state index contributed by atoms with van der Waals surface area (Å²) in [6, 6.07) is 7.96. The second kappa shape index (κ2) is 11.9. The minimum absolute atomic E-state index is 0.0440. The predicted octanol–water partition coefficient (Wildman–Crippen LogP) is -0.965. The van der Waals surface area contributed by atoms with Gasteiger partial charge in [-0.25, -0.2) is 9.59 Å². The molecule has 0 saturated carbocycles. The number of ether oxygens (including phenoxy) is 4. The number of carbonyl (C=O) groups excluding carboxylic acids is 2. The molecule has 12 nitrogen and oxygen atoms in total. The highest BCUT2D eigenvalue weighted by Gasteiger charge is 2.49.